The zero-order valence-electron chi connectivity index (χ0n) is 9.85. The van der Waals surface area contributed by atoms with Gasteiger partial charge in [-0.05, 0) is 38.1 Å². The molecule has 1 N–H and O–H groups in total. The fraction of sp³-hybridized carbons (Fsp3) is 0.538. The molecule has 17 heavy (non-hydrogen) atoms. The van der Waals surface area contributed by atoms with Gasteiger partial charge in [0.1, 0.15) is 0 Å². The highest BCUT2D eigenvalue weighted by Crippen LogP contribution is 2.39. The first kappa shape index (κ1) is 10.7. The van der Waals surface area contributed by atoms with E-state index in [0.29, 0.717) is 11.0 Å². The number of likely N-dealkylation sites (tertiary alicyclic amines) is 1. The Hall–Kier alpha value is -1.42. The molecule has 2 aliphatic rings. The maximum atomic E-state index is 12.1. The van der Waals surface area contributed by atoms with Gasteiger partial charge in [0.05, 0.1) is 5.56 Å². The Morgan fingerprint density at radius 2 is 2.12 bits per heavy atom. The van der Waals surface area contributed by atoms with E-state index in [1.807, 2.05) is 17.0 Å². The SMILES string of the molecule is O=C(c1cccnc1)N1CC2(CCNCC2)C1. The van der Waals surface area contributed by atoms with E-state index in [9.17, 15) is 4.79 Å². The van der Waals surface area contributed by atoms with E-state index in [1.165, 1.54) is 12.8 Å². The molecule has 1 spiro atoms. The lowest BCUT2D eigenvalue weighted by molar-refractivity contribution is -0.0113. The third-order valence-corrected chi connectivity index (χ3v) is 3.91. The Morgan fingerprint density at radius 1 is 1.35 bits per heavy atom. The van der Waals surface area contributed by atoms with Crippen LogP contribution >= 0.6 is 0 Å². The van der Waals surface area contributed by atoms with Crippen molar-refractivity contribution in [3.63, 3.8) is 0 Å². The standard InChI is InChI=1S/C13H17N3O/c17-12(11-2-1-5-15-8-11)16-9-13(10-16)3-6-14-7-4-13/h1-2,5,8,14H,3-4,6-7,9-10H2. The molecule has 4 nitrogen and oxygen atoms in total. The van der Waals surface area contributed by atoms with Crippen molar-refractivity contribution < 1.29 is 4.79 Å². The quantitative estimate of drug-likeness (QED) is 0.781. The molecule has 4 heteroatoms. The van der Waals surface area contributed by atoms with Crippen LogP contribution in [0.5, 0.6) is 0 Å². The number of carbonyl (C=O) groups is 1. The van der Waals surface area contributed by atoms with Gasteiger partial charge in [0.2, 0.25) is 0 Å². The van der Waals surface area contributed by atoms with E-state index in [4.69, 9.17) is 0 Å². The average molecular weight is 231 g/mol. The van der Waals surface area contributed by atoms with Crippen molar-refractivity contribution in [3.8, 4) is 0 Å². The van der Waals surface area contributed by atoms with Crippen LogP contribution in [0.15, 0.2) is 24.5 Å². The van der Waals surface area contributed by atoms with Crippen molar-refractivity contribution in [2.45, 2.75) is 12.8 Å². The summed E-state index contributed by atoms with van der Waals surface area (Å²) in [5.74, 6) is 0.127. The van der Waals surface area contributed by atoms with E-state index in [2.05, 4.69) is 10.3 Å². The van der Waals surface area contributed by atoms with Gasteiger partial charge in [-0.3, -0.25) is 9.78 Å². The van der Waals surface area contributed by atoms with Gasteiger partial charge in [-0.1, -0.05) is 0 Å². The zero-order valence-corrected chi connectivity index (χ0v) is 9.85. The monoisotopic (exact) mass is 231 g/mol. The second-order valence-corrected chi connectivity index (χ2v) is 5.15. The maximum absolute atomic E-state index is 12.1. The van der Waals surface area contributed by atoms with E-state index in [0.717, 1.165) is 26.2 Å². The molecule has 0 radical (unpaired) electrons. The van der Waals surface area contributed by atoms with Crippen LogP contribution in [0.4, 0.5) is 0 Å². The predicted molar refractivity (Wildman–Crippen MR) is 64.7 cm³/mol. The summed E-state index contributed by atoms with van der Waals surface area (Å²) in [4.78, 5) is 18.1. The van der Waals surface area contributed by atoms with Crippen LogP contribution in [-0.4, -0.2) is 42.0 Å². The highest BCUT2D eigenvalue weighted by molar-refractivity contribution is 5.94. The first-order valence-corrected chi connectivity index (χ1v) is 6.19. The summed E-state index contributed by atoms with van der Waals surface area (Å²) >= 11 is 0. The minimum absolute atomic E-state index is 0.127. The Bertz CT molecular complexity index is 404. The van der Waals surface area contributed by atoms with Gasteiger partial charge >= 0.3 is 0 Å². The Balaban J connectivity index is 1.64. The number of carbonyl (C=O) groups excluding carboxylic acids is 1. The van der Waals surface area contributed by atoms with E-state index >= 15 is 0 Å². The fourth-order valence-electron chi connectivity index (χ4n) is 2.85. The molecule has 90 valence electrons. The number of hydrogen-bond donors (Lipinski definition) is 1. The predicted octanol–water partition coefficient (Wildman–Crippen LogP) is 0.907. The molecule has 3 heterocycles. The molecule has 0 unspecified atom stereocenters. The number of piperidine rings is 1. The van der Waals surface area contributed by atoms with Crippen molar-refractivity contribution in [3.05, 3.63) is 30.1 Å². The lowest BCUT2D eigenvalue weighted by Crippen LogP contribution is -2.61. The van der Waals surface area contributed by atoms with Gasteiger partial charge in [0.15, 0.2) is 0 Å². The highest BCUT2D eigenvalue weighted by Gasteiger charge is 2.45. The van der Waals surface area contributed by atoms with Gasteiger partial charge in [-0.2, -0.15) is 0 Å². The average Bonchev–Trinajstić information content (AvgIpc) is 2.37. The van der Waals surface area contributed by atoms with Crippen molar-refractivity contribution >= 4 is 5.91 Å². The molecule has 0 saturated carbocycles. The number of nitrogens with zero attached hydrogens (tertiary/aromatic N) is 2. The second kappa shape index (κ2) is 4.11. The minimum atomic E-state index is 0.127. The number of pyridine rings is 1. The largest absolute Gasteiger partial charge is 0.337 e. The summed E-state index contributed by atoms with van der Waals surface area (Å²) in [6, 6.07) is 3.65. The summed E-state index contributed by atoms with van der Waals surface area (Å²) in [5, 5.41) is 3.37. The third-order valence-electron chi connectivity index (χ3n) is 3.91. The lowest BCUT2D eigenvalue weighted by atomic mass is 9.72. The molecule has 1 aromatic rings. The summed E-state index contributed by atoms with van der Waals surface area (Å²) in [6.07, 6.45) is 5.74. The number of nitrogens with one attached hydrogen (secondary N) is 1. The molecule has 3 rings (SSSR count). The van der Waals surface area contributed by atoms with Crippen LogP contribution < -0.4 is 5.32 Å². The van der Waals surface area contributed by atoms with Gasteiger partial charge in [0.25, 0.3) is 5.91 Å². The molecule has 2 saturated heterocycles. The zero-order chi connectivity index (χ0) is 11.7. The summed E-state index contributed by atoms with van der Waals surface area (Å²) in [5.41, 5.74) is 1.11. The normalized spacial score (nSPS) is 22.2. The molecule has 0 bridgehead atoms. The van der Waals surface area contributed by atoms with Gasteiger partial charge < -0.3 is 10.2 Å². The van der Waals surface area contributed by atoms with Crippen molar-refractivity contribution in [1.82, 2.24) is 15.2 Å². The van der Waals surface area contributed by atoms with Crippen molar-refractivity contribution in [2.75, 3.05) is 26.2 Å². The smallest absolute Gasteiger partial charge is 0.255 e. The summed E-state index contributed by atoms with van der Waals surface area (Å²) in [7, 11) is 0. The number of rotatable bonds is 1. The molecular formula is C13H17N3O. The van der Waals surface area contributed by atoms with E-state index in [1.54, 1.807) is 12.4 Å². The number of hydrogen-bond acceptors (Lipinski definition) is 3. The lowest BCUT2D eigenvalue weighted by Gasteiger charge is -2.52. The third kappa shape index (κ3) is 1.93. The molecule has 0 atom stereocenters. The topological polar surface area (TPSA) is 45.2 Å². The summed E-state index contributed by atoms with van der Waals surface area (Å²) in [6.45, 7) is 4.02. The first-order chi connectivity index (χ1) is 8.29. The van der Waals surface area contributed by atoms with Crippen LogP contribution in [0.25, 0.3) is 0 Å². The second-order valence-electron chi connectivity index (χ2n) is 5.15. The minimum Gasteiger partial charge on any atom is -0.337 e. The molecule has 2 aliphatic heterocycles. The van der Waals surface area contributed by atoms with Gasteiger partial charge in [-0.15, -0.1) is 0 Å². The molecule has 0 aromatic carbocycles. The molecule has 1 amide bonds. The summed E-state index contributed by atoms with van der Waals surface area (Å²) < 4.78 is 0. The van der Waals surface area contributed by atoms with Crippen LogP contribution in [-0.2, 0) is 0 Å². The molecule has 0 aliphatic carbocycles. The first-order valence-electron chi connectivity index (χ1n) is 6.19. The van der Waals surface area contributed by atoms with E-state index < -0.39 is 0 Å². The van der Waals surface area contributed by atoms with Crippen LogP contribution in [0.3, 0.4) is 0 Å². The van der Waals surface area contributed by atoms with Crippen molar-refractivity contribution in [1.29, 1.82) is 0 Å². The van der Waals surface area contributed by atoms with E-state index in [-0.39, 0.29) is 5.91 Å². The Labute approximate surface area is 101 Å². The van der Waals surface area contributed by atoms with Gasteiger partial charge in [-0.25, -0.2) is 0 Å². The number of amides is 1. The molecular weight excluding hydrogens is 214 g/mol. The van der Waals surface area contributed by atoms with Crippen LogP contribution in [0, 0.1) is 5.41 Å². The molecule has 2 fully saturated rings. The Morgan fingerprint density at radius 3 is 2.76 bits per heavy atom. The van der Waals surface area contributed by atoms with Crippen LogP contribution in [0.2, 0.25) is 0 Å². The van der Waals surface area contributed by atoms with Gasteiger partial charge in [0, 0.05) is 30.9 Å². The van der Waals surface area contributed by atoms with Crippen LogP contribution in [0.1, 0.15) is 23.2 Å². The van der Waals surface area contributed by atoms with Crippen molar-refractivity contribution in [2.24, 2.45) is 5.41 Å². The molecule has 1 aromatic heterocycles. The highest BCUT2D eigenvalue weighted by atomic mass is 16.2. The Kier molecular flexibility index (Phi) is 2.59. The maximum Gasteiger partial charge on any atom is 0.255 e. The number of aromatic nitrogens is 1. The fourth-order valence-corrected chi connectivity index (χ4v) is 2.85.